The number of nitrogens with one attached hydrogen (secondary N) is 3. The van der Waals surface area contributed by atoms with E-state index in [1.165, 1.54) is 23.5 Å². The third kappa shape index (κ3) is 6.29. The minimum atomic E-state index is -3.96. The molecular weight excluding hydrogens is 566 g/mol. The molecule has 0 saturated heterocycles. The van der Waals surface area contributed by atoms with E-state index in [4.69, 9.17) is 0 Å². The van der Waals surface area contributed by atoms with Crippen molar-refractivity contribution in [2.75, 3.05) is 18.1 Å². The second-order valence-electron chi connectivity index (χ2n) is 8.99. The van der Waals surface area contributed by atoms with Gasteiger partial charge in [-0.25, -0.2) is 22.8 Å². The van der Waals surface area contributed by atoms with Crippen LogP contribution in [0.4, 0.5) is 9.52 Å². The molecule has 0 radical (unpaired) electrons. The van der Waals surface area contributed by atoms with Gasteiger partial charge in [0, 0.05) is 41.1 Å². The number of rotatable bonds is 9. The van der Waals surface area contributed by atoms with E-state index in [-0.39, 0.29) is 34.6 Å². The summed E-state index contributed by atoms with van der Waals surface area (Å²) in [6.45, 7) is -0.358. The fraction of sp³-hybridized carbons (Fsp3) is 0.240. The van der Waals surface area contributed by atoms with Crippen LogP contribution in [0.3, 0.4) is 0 Å². The number of amides is 3. The third-order valence-corrected chi connectivity index (χ3v) is 9.08. The van der Waals surface area contributed by atoms with E-state index in [0.717, 1.165) is 30.4 Å². The number of anilines is 1. The summed E-state index contributed by atoms with van der Waals surface area (Å²) in [6, 6.07) is 9.12. The van der Waals surface area contributed by atoms with Crippen molar-refractivity contribution in [3.05, 3.63) is 64.4 Å². The second-order valence-corrected chi connectivity index (χ2v) is 13.1. The number of thiazole rings is 2. The minimum absolute atomic E-state index is 0.0293. The predicted octanol–water partition coefficient (Wildman–Crippen LogP) is 3.29. The molecule has 3 amide bonds. The maximum atomic E-state index is 15.1. The average Bonchev–Trinajstić information content (AvgIpc) is 3.37. The Morgan fingerprint density at radius 3 is 2.54 bits per heavy atom. The number of fused-ring (bicyclic) bond motifs is 1. The van der Waals surface area contributed by atoms with E-state index in [9.17, 15) is 22.8 Å². The van der Waals surface area contributed by atoms with Crippen molar-refractivity contribution in [2.45, 2.75) is 24.1 Å². The molecule has 0 aliphatic heterocycles. The van der Waals surface area contributed by atoms with Crippen LogP contribution in [0, 0.1) is 5.82 Å². The number of nitrogens with zero attached hydrogens (tertiary/aromatic N) is 2. The van der Waals surface area contributed by atoms with Gasteiger partial charge in [-0.1, -0.05) is 12.1 Å². The third-order valence-electron chi connectivity index (χ3n) is 5.86. The lowest BCUT2D eigenvalue weighted by atomic mass is 10.0. The van der Waals surface area contributed by atoms with Crippen LogP contribution < -0.4 is 16.0 Å². The highest BCUT2D eigenvalue weighted by atomic mass is 32.2. The van der Waals surface area contributed by atoms with Crippen LogP contribution in [0.15, 0.2) is 48.0 Å². The zero-order valence-electron chi connectivity index (χ0n) is 20.4. The van der Waals surface area contributed by atoms with E-state index in [2.05, 4.69) is 25.9 Å². The molecule has 1 fully saturated rings. The molecule has 202 valence electrons. The van der Waals surface area contributed by atoms with Crippen molar-refractivity contribution in [2.24, 2.45) is 0 Å². The molecule has 1 unspecified atom stereocenters. The summed E-state index contributed by atoms with van der Waals surface area (Å²) >= 11 is 2.24. The Kier molecular flexibility index (Phi) is 7.42. The molecule has 1 aliphatic rings. The van der Waals surface area contributed by atoms with Gasteiger partial charge in [0.2, 0.25) is 11.8 Å². The molecule has 10 nitrogen and oxygen atoms in total. The average molecular weight is 588 g/mol. The standard InChI is InChI=1S/C25H22FN5O5S3/c1-39(35,36)21(23(34)28-12-20(32)29-15-6-7-15)24-30-18-11-17(26)16(10-19(18)38-24)13-2-4-14(5-3-13)22(33)31-25-27-8-9-37-25/h2-5,8-11,15,21H,6-7,12H2,1H3,(H,28,34)(H,29,32)(H,27,31,33). The highest BCUT2D eigenvalue weighted by Crippen LogP contribution is 2.35. The van der Waals surface area contributed by atoms with E-state index in [0.29, 0.717) is 21.0 Å². The van der Waals surface area contributed by atoms with Crippen molar-refractivity contribution < 1.29 is 27.2 Å². The molecule has 39 heavy (non-hydrogen) atoms. The second kappa shape index (κ2) is 10.8. The molecular formula is C25H22FN5O5S3. The zero-order chi connectivity index (χ0) is 27.7. The first-order valence-electron chi connectivity index (χ1n) is 11.8. The molecule has 3 N–H and O–H groups in total. The molecule has 2 aromatic heterocycles. The van der Waals surface area contributed by atoms with Crippen LogP contribution >= 0.6 is 22.7 Å². The lowest BCUT2D eigenvalue weighted by molar-refractivity contribution is -0.126. The molecule has 1 aliphatic carbocycles. The molecule has 14 heteroatoms. The van der Waals surface area contributed by atoms with E-state index >= 15 is 4.39 Å². The summed E-state index contributed by atoms with van der Waals surface area (Å²) in [6.07, 6.45) is 4.24. The van der Waals surface area contributed by atoms with Gasteiger partial charge in [0.05, 0.1) is 16.8 Å². The fourth-order valence-electron chi connectivity index (χ4n) is 3.81. The van der Waals surface area contributed by atoms with Crippen LogP contribution in [0.2, 0.25) is 0 Å². The molecule has 2 heterocycles. The first-order chi connectivity index (χ1) is 18.6. The number of sulfone groups is 1. The van der Waals surface area contributed by atoms with Crippen molar-refractivity contribution in [1.82, 2.24) is 20.6 Å². The summed E-state index contributed by atoms with van der Waals surface area (Å²) in [4.78, 5) is 45.4. The highest BCUT2D eigenvalue weighted by Gasteiger charge is 2.34. The Hall–Kier alpha value is -3.75. The largest absolute Gasteiger partial charge is 0.352 e. The summed E-state index contributed by atoms with van der Waals surface area (Å²) in [5.74, 6) is -2.23. The van der Waals surface area contributed by atoms with Crippen molar-refractivity contribution in [3.63, 3.8) is 0 Å². The Labute approximate surface area is 230 Å². The Morgan fingerprint density at radius 2 is 1.90 bits per heavy atom. The Morgan fingerprint density at radius 1 is 1.15 bits per heavy atom. The number of hydrogen-bond acceptors (Lipinski definition) is 9. The number of carbonyl (C=O) groups excluding carboxylic acids is 3. The van der Waals surface area contributed by atoms with E-state index < -0.39 is 32.7 Å². The maximum absolute atomic E-state index is 15.1. The lowest BCUT2D eigenvalue weighted by Crippen LogP contribution is -2.41. The molecule has 1 saturated carbocycles. The van der Waals surface area contributed by atoms with Crippen LogP contribution in [-0.2, 0) is 19.4 Å². The van der Waals surface area contributed by atoms with Gasteiger partial charge in [0.15, 0.2) is 20.2 Å². The summed E-state index contributed by atoms with van der Waals surface area (Å²) < 4.78 is 40.6. The van der Waals surface area contributed by atoms with Crippen molar-refractivity contribution in [3.8, 4) is 11.1 Å². The van der Waals surface area contributed by atoms with Gasteiger partial charge in [-0.15, -0.1) is 22.7 Å². The number of aromatic nitrogens is 2. The summed E-state index contributed by atoms with van der Waals surface area (Å²) in [5, 5.41) is 8.28. The van der Waals surface area contributed by atoms with Gasteiger partial charge in [-0.2, -0.15) is 0 Å². The van der Waals surface area contributed by atoms with Gasteiger partial charge >= 0.3 is 0 Å². The van der Waals surface area contributed by atoms with Gasteiger partial charge in [0.25, 0.3) is 5.91 Å². The molecule has 2 aromatic carbocycles. The normalized spacial score (nSPS) is 14.1. The Bertz CT molecular complexity index is 1670. The summed E-state index contributed by atoms with van der Waals surface area (Å²) in [7, 11) is -3.96. The monoisotopic (exact) mass is 587 g/mol. The van der Waals surface area contributed by atoms with Crippen molar-refractivity contribution in [1.29, 1.82) is 0 Å². The number of hydrogen-bond donors (Lipinski definition) is 3. The maximum Gasteiger partial charge on any atom is 0.257 e. The molecule has 4 aromatic rings. The van der Waals surface area contributed by atoms with Crippen LogP contribution in [0.1, 0.15) is 33.5 Å². The molecule has 1 atom stereocenters. The van der Waals surface area contributed by atoms with Gasteiger partial charge in [-0.3, -0.25) is 19.7 Å². The number of benzene rings is 2. The zero-order valence-corrected chi connectivity index (χ0v) is 22.9. The number of halogens is 1. The fourth-order valence-corrected chi connectivity index (χ4v) is 6.86. The van der Waals surface area contributed by atoms with Crippen LogP contribution in [0.25, 0.3) is 21.3 Å². The lowest BCUT2D eigenvalue weighted by Gasteiger charge is -2.12. The quantitative estimate of drug-likeness (QED) is 0.272. The topological polar surface area (TPSA) is 147 Å². The highest BCUT2D eigenvalue weighted by molar-refractivity contribution is 7.91. The molecule has 0 bridgehead atoms. The van der Waals surface area contributed by atoms with Crippen LogP contribution in [0.5, 0.6) is 0 Å². The summed E-state index contributed by atoms with van der Waals surface area (Å²) in [5.41, 5.74) is 1.28. The molecule has 0 spiro atoms. The Balaban J connectivity index is 1.37. The molecule has 5 rings (SSSR count). The number of carbonyl (C=O) groups is 3. The smallest absolute Gasteiger partial charge is 0.257 e. The van der Waals surface area contributed by atoms with Crippen molar-refractivity contribution >= 4 is 65.6 Å². The van der Waals surface area contributed by atoms with Gasteiger partial charge in [-0.05, 0) is 36.6 Å². The van der Waals surface area contributed by atoms with Gasteiger partial charge < -0.3 is 10.6 Å². The van der Waals surface area contributed by atoms with Gasteiger partial charge in [0.1, 0.15) is 10.8 Å². The minimum Gasteiger partial charge on any atom is -0.352 e. The first-order valence-corrected chi connectivity index (χ1v) is 15.4. The van der Waals surface area contributed by atoms with E-state index in [1.54, 1.807) is 35.8 Å². The SMILES string of the molecule is CS(=O)(=O)C(C(=O)NCC(=O)NC1CC1)c1nc2cc(F)c(-c3ccc(C(=O)Nc4nccs4)cc3)cc2s1. The van der Waals surface area contributed by atoms with E-state index in [1.807, 2.05) is 0 Å². The predicted molar refractivity (Wildman–Crippen MR) is 147 cm³/mol. The first kappa shape index (κ1) is 26.8. The van der Waals surface area contributed by atoms with Crippen LogP contribution in [-0.4, -0.2) is 54.9 Å².